The van der Waals surface area contributed by atoms with Gasteiger partial charge < -0.3 is 4.90 Å². The molecule has 0 amide bonds. The highest BCUT2D eigenvalue weighted by molar-refractivity contribution is 6.64. The van der Waals surface area contributed by atoms with Crippen molar-refractivity contribution in [1.29, 1.82) is 0 Å². The third-order valence-electron chi connectivity index (χ3n) is 2.34. The highest BCUT2D eigenvalue weighted by Gasteiger charge is 2.17. The number of allylic oxidation sites excluding steroid dienone is 5. The maximum absolute atomic E-state index is 11.0. The molecule has 0 aromatic rings. The molecule has 1 atom stereocenters. The normalized spacial score (nSPS) is 17.2. The topological polar surface area (TPSA) is 20.3 Å². The number of hydrogen-bond donors (Lipinski definition) is 0. The first-order valence-electron chi connectivity index (χ1n) is 4.57. The monoisotopic (exact) mass is 211 g/mol. The Kier molecular flexibility index (Phi) is 3.96. The summed E-state index contributed by atoms with van der Waals surface area (Å²) in [6.45, 7) is 1.80. The fourth-order valence-electron chi connectivity index (χ4n) is 1.23. The molecule has 0 spiro atoms. The summed E-state index contributed by atoms with van der Waals surface area (Å²) in [5.74, 6) is 0. The van der Waals surface area contributed by atoms with E-state index in [-0.39, 0.29) is 11.3 Å². The second kappa shape index (κ2) is 5.01. The molecular weight excluding hydrogens is 198 g/mol. The lowest BCUT2D eigenvalue weighted by molar-refractivity contribution is -0.115. The Morgan fingerprint density at radius 1 is 1.50 bits per heavy atom. The lowest BCUT2D eigenvalue weighted by Crippen LogP contribution is -2.32. The van der Waals surface area contributed by atoms with Crippen LogP contribution in [0.3, 0.4) is 0 Å². The molecule has 14 heavy (non-hydrogen) atoms. The summed E-state index contributed by atoms with van der Waals surface area (Å²) in [5.41, 5.74) is 1.09. The average molecular weight is 212 g/mol. The van der Waals surface area contributed by atoms with Crippen molar-refractivity contribution < 1.29 is 4.79 Å². The van der Waals surface area contributed by atoms with Gasteiger partial charge >= 0.3 is 0 Å². The van der Waals surface area contributed by atoms with Crippen molar-refractivity contribution in [3.8, 4) is 0 Å². The summed E-state index contributed by atoms with van der Waals surface area (Å²) in [5, 5.41) is -0.328. The molecule has 76 valence electrons. The Morgan fingerprint density at radius 2 is 2.21 bits per heavy atom. The van der Waals surface area contributed by atoms with Crippen LogP contribution >= 0.6 is 11.6 Å². The van der Waals surface area contributed by atoms with Crippen LogP contribution in [0.4, 0.5) is 0 Å². The van der Waals surface area contributed by atoms with Gasteiger partial charge in [-0.2, -0.15) is 0 Å². The molecule has 0 saturated carbocycles. The number of rotatable bonds is 3. The zero-order chi connectivity index (χ0) is 10.6. The SMILES string of the molecule is CC(C(=O)Cl)N(C)C1=CC=CC=CC1. The fourth-order valence-corrected chi connectivity index (χ4v) is 1.38. The van der Waals surface area contributed by atoms with Gasteiger partial charge in [-0.3, -0.25) is 4.79 Å². The first kappa shape index (κ1) is 11.1. The van der Waals surface area contributed by atoms with Crippen molar-refractivity contribution >= 4 is 16.8 Å². The number of likely N-dealkylation sites (N-methyl/N-ethyl adjacent to an activating group) is 1. The minimum absolute atomic E-state index is 0.275. The van der Waals surface area contributed by atoms with E-state index in [0.717, 1.165) is 12.1 Å². The van der Waals surface area contributed by atoms with E-state index in [2.05, 4.69) is 6.08 Å². The van der Waals surface area contributed by atoms with E-state index in [1.807, 2.05) is 36.3 Å². The minimum atomic E-state index is -0.328. The molecule has 0 aromatic heterocycles. The third kappa shape index (κ3) is 2.74. The maximum atomic E-state index is 11.0. The van der Waals surface area contributed by atoms with Gasteiger partial charge in [-0.05, 0) is 24.6 Å². The summed E-state index contributed by atoms with van der Waals surface area (Å²) in [6, 6.07) is -0.275. The van der Waals surface area contributed by atoms with Crippen molar-refractivity contribution in [3.05, 3.63) is 36.1 Å². The van der Waals surface area contributed by atoms with Gasteiger partial charge in [-0.15, -0.1) is 0 Å². The van der Waals surface area contributed by atoms with E-state index in [9.17, 15) is 4.79 Å². The summed E-state index contributed by atoms with van der Waals surface area (Å²) in [7, 11) is 1.88. The first-order valence-corrected chi connectivity index (χ1v) is 4.95. The van der Waals surface area contributed by atoms with E-state index in [0.29, 0.717) is 0 Å². The molecule has 0 aliphatic heterocycles. The van der Waals surface area contributed by atoms with Crippen LogP contribution in [0.1, 0.15) is 13.3 Å². The molecule has 0 saturated heterocycles. The fraction of sp³-hybridized carbons (Fsp3) is 0.364. The van der Waals surface area contributed by atoms with Gasteiger partial charge in [-0.1, -0.05) is 24.3 Å². The molecule has 0 bridgehead atoms. The molecule has 0 aromatic carbocycles. The van der Waals surface area contributed by atoms with E-state index in [1.165, 1.54) is 0 Å². The Bertz CT molecular complexity index is 304. The largest absolute Gasteiger partial charge is 0.367 e. The van der Waals surface area contributed by atoms with Crippen LogP contribution in [-0.4, -0.2) is 23.2 Å². The van der Waals surface area contributed by atoms with Crippen molar-refractivity contribution in [1.82, 2.24) is 4.90 Å². The number of carbonyl (C=O) groups is 1. The number of hydrogen-bond acceptors (Lipinski definition) is 2. The number of carbonyl (C=O) groups excluding carboxylic acids is 1. The third-order valence-corrected chi connectivity index (χ3v) is 2.65. The molecular formula is C11H14ClNO. The first-order chi connectivity index (χ1) is 6.63. The van der Waals surface area contributed by atoms with E-state index >= 15 is 0 Å². The molecule has 1 aliphatic rings. The zero-order valence-electron chi connectivity index (χ0n) is 8.40. The lowest BCUT2D eigenvalue weighted by atomic mass is 10.2. The second-order valence-electron chi connectivity index (χ2n) is 3.27. The van der Waals surface area contributed by atoms with Crippen LogP contribution in [0, 0.1) is 0 Å². The Balaban J connectivity index is 2.73. The molecule has 1 unspecified atom stereocenters. The summed E-state index contributed by atoms with van der Waals surface area (Å²) in [6.07, 6.45) is 10.8. The highest BCUT2D eigenvalue weighted by atomic mass is 35.5. The van der Waals surface area contributed by atoms with E-state index in [4.69, 9.17) is 11.6 Å². The molecule has 1 rings (SSSR count). The molecule has 0 radical (unpaired) electrons. The van der Waals surface area contributed by atoms with Crippen molar-refractivity contribution in [2.75, 3.05) is 7.05 Å². The Morgan fingerprint density at radius 3 is 2.86 bits per heavy atom. The molecule has 1 aliphatic carbocycles. The van der Waals surface area contributed by atoms with Gasteiger partial charge in [0.15, 0.2) is 0 Å². The lowest BCUT2D eigenvalue weighted by Gasteiger charge is -2.25. The summed E-state index contributed by atoms with van der Waals surface area (Å²) < 4.78 is 0. The van der Waals surface area contributed by atoms with E-state index < -0.39 is 0 Å². The minimum Gasteiger partial charge on any atom is -0.367 e. The molecule has 3 heteroatoms. The number of nitrogens with zero attached hydrogens (tertiary/aromatic N) is 1. The Hall–Kier alpha value is -1.02. The van der Waals surface area contributed by atoms with Crippen molar-refractivity contribution in [2.24, 2.45) is 0 Å². The second-order valence-corrected chi connectivity index (χ2v) is 3.64. The van der Waals surface area contributed by atoms with Crippen molar-refractivity contribution in [2.45, 2.75) is 19.4 Å². The van der Waals surface area contributed by atoms with Crippen molar-refractivity contribution in [3.63, 3.8) is 0 Å². The number of halogens is 1. The standard InChI is InChI=1S/C11H14ClNO/c1-9(11(12)14)13(2)10-7-5-3-4-6-8-10/h3-7,9H,8H2,1-2H3. The average Bonchev–Trinajstić information content (AvgIpc) is 2.43. The summed E-state index contributed by atoms with van der Waals surface area (Å²) in [4.78, 5) is 12.9. The highest BCUT2D eigenvalue weighted by Crippen LogP contribution is 2.15. The molecule has 0 heterocycles. The van der Waals surface area contributed by atoms with Crippen LogP contribution in [0.25, 0.3) is 0 Å². The van der Waals surface area contributed by atoms with Gasteiger partial charge in [0.05, 0.1) is 6.04 Å². The predicted octanol–water partition coefficient (Wildman–Crippen LogP) is 2.47. The molecule has 2 nitrogen and oxygen atoms in total. The van der Waals surface area contributed by atoms with Gasteiger partial charge in [0.25, 0.3) is 0 Å². The van der Waals surface area contributed by atoms with Gasteiger partial charge in [-0.25, -0.2) is 0 Å². The van der Waals surface area contributed by atoms with Crippen LogP contribution < -0.4 is 0 Å². The summed E-state index contributed by atoms with van der Waals surface area (Å²) >= 11 is 5.44. The maximum Gasteiger partial charge on any atom is 0.243 e. The predicted molar refractivity (Wildman–Crippen MR) is 59.1 cm³/mol. The zero-order valence-corrected chi connectivity index (χ0v) is 9.16. The Labute approximate surface area is 89.5 Å². The van der Waals surface area contributed by atoms with Gasteiger partial charge in [0, 0.05) is 19.2 Å². The smallest absolute Gasteiger partial charge is 0.243 e. The molecule has 0 N–H and O–H groups in total. The van der Waals surface area contributed by atoms with E-state index in [1.54, 1.807) is 6.92 Å². The quantitative estimate of drug-likeness (QED) is 0.669. The van der Waals surface area contributed by atoms with Gasteiger partial charge in [0.2, 0.25) is 5.24 Å². The molecule has 0 fully saturated rings. The van der Waals surface area contributed by atoms with Gasteiger partial charge in [0.1, 0.15) is 0 Å². The van der Waals surface area contributed by atoms with Crippen LogP contribution in [-0.2, 0) is 4.79 Å². The van der Waals surface area contributed by atoms with Crippen LogP contribution in [0.5, 0.6) is 0 Å². The van der Waals surface area contributed by atoms with Crippen LogP contribution in [0.15, 0.2) is 36.1 Å². The van der Waals surface area contributed by atoms with Crippen LogP contribution in [0.2, 0.25) is 0 Å².